The molecule has 8 heteroatoms. The lowest BCUT2D eigenvalue weighted by molar-refractivity contribution is -0.384. The number of carbonyl (C=O) groups excluding carboxylic acids is 1. The number of nitrogens with one attached hydrogen (secondary N) is 1. The van der Waals surface area contributed by atoms with Gasteiger partial charge in [0.15, 0.2) is 0 Å². The van der Waals surface area contributed by atoms with Crippen LogP contribution >= 0.6 is 0 Å². The van der Waals surface area contributed by atoms with Crippen LogP contribution in [0.3, 0.4) is 0 Å². The molecule has 0 aliphatic rings. The average Bonchev–Trinajstić information content (AvgIpc) is 2.37. The third kappa shape index (κ3) is 3.90. The molecule has 8 nitrogen and oxygen atoms in total. The number of methoxy groups -OCH3 is 1. The largest absolute Gasteiger partial charge is 0.394 e. The van der Waals surface area contributed by atoms with Gasteiger partial charge in [0.05, 0.1) is 24.2 Å². The second-order valence-corrected chi connectivity index (χ2v) is 3.83. The van der Waals surface area contributed by atoms with Crippen LogP contribution in [0.4, 0.5) is 11.4 Å². The highest BCUT2D eigenvalue weighted by Gasteiger charge is 2.19. The Morgan fingerprint density at radius 2 is 2.32 bits per heavy atom. The van der Waals surface area contributed by atoms with Gasteiger partial charge >= 0.3 is 0 Å². The van der Waals surface area contributed by atoms with E-state index in [0.717, 1.165) is 6.07 Å². The molecule has 104 valence electrons. The summed E-state index contributed by atoms with van der Waals surface area (Å²) in [5.74, 6) is -0.745. The van der Waals surface area contributed by atoms with Gasteiger partial charge in [0, 0.05) is 18.7 Å². The van der Waals surface area contributed by atoms with Crippen molar-refractivity contribution in [2.45, 2.75) is 6.04 Å². The van der Waals surface area contributed by atoms with Gasteiger partial charge in [-0.15, -0.1) is 0 Å². The van der Waals surface area contributed by atoms with Crippen molar-refractivity contribution < 1.29 is 19.6 Å². The molecule has 0 heterocycles. The van der Waals surface area contributed by atoms with E-state index in [4.69, 9.17) is 15.6 Å². The van der Waals surface area contributed by atoms with E-state index in [1.165, 1.54) is 19.2 Å². The lowest BCUT2D eigenvalue weighted by Crippen LogP contribution is -2.29. The van der Waals surface area contributed by atoms with E-state index in [1.807, 2.05) is 0 Å². The first-order valence-corrected chi connectivity index (χ1v) is 5.44. The summed E-state index contributed by atoms with van der Waals surface area (Å²) in [6, 6.07) is 3.35. The Labute approximate surface area is 109 Å². The van der Waals surface area contributed by atoms with Crippen LogP contribution in [0, 0.1) is 10.1 Å². The van der Waals surface area contributed by atoms with Gasteiger partial charge < -0.3 is 20.9 Å². The first-order valence-electron chi connectivity index (χ1n) is 5.44. The van der Waals surface area contributed by atoms with Crippen LogP contribution in [0.25, 0.3) is 0 Å². The Morgan fingerprint density at radius 1 is 1.63 bits per heavy atom. The van der Waals surface area contributed by atoms with Gasteiger partial charge in [0.2, 0.25) is 5.91 Å². The number of anilines is 1. The maximum absolute atomic E-state index is 11.0. The zero-order valence-electron chi connectivity index (χ0n) is 10.3. The number of nitro benzene ring substituents is 1. The predicted molar refractivity (Wildman–Crippen MR) is 68.0 cm³/mol. The summed E-state index contributed by atoms with van der Waals surface area (Å²) >= 11 is 0. The van der Waals surface area contributed by atoms with Crippen LogP contribution in [0.5, 0.6) is 0 Å². The monoisotopic (exact) mass is 269 g/mol. The van der Waals surface area contributed by atoms with Crippen molar-refractivity contribution in [1.82, 2.24) is 0 Å². The normalized spacial score (nSPS) is 11.9. The molecule has 19 heavy (non-hydrogen) atoms. The maximum atomic E-state index is 11.0. The third-order valence-electron chi connectivity index (χ3n) is 2.43. The zero-order chi connectivity index (χ0) is 14.4. The van der Waals surface area contributed by atoms with Gasteiger partial charge in [-0.3, -0.25) is 14.9 Å². The Kier molecular flexibility index (Phi) is 5.22. The molecule has 0 spiro atoms. The average molecular weight is 269 g/mol. The van der Waals surface area contributed by atoms with Gasteiger partial charge in [-0.2, -0.15) is 0 Å². The molecule has 0 aliphatic heterocycles. The molecule has 0 aromatic heterocycles. The molecule has 1 amide bonds. The smallest absolute Gasteiger partial charge is 0.293 e. The molecule has 0 aliphatic carbocycles. The number of aliphatic hydroxyl groups excluding tert-OH is 1. The van der Waals surface area contributed by atoms with Crippen LogP contribution in [-0.4, -0.2) is 42.3 Å². The lowest BCUT2D eigenvalue weighted by atomic mass is 10.1. The quantitative estimate of drug-likeness (QED) is 0.476. The third-order valence-corrected chi connectivity index (χ3v) is 2.43. The lowest BCUT2D eigenvalue weighted by Gasteiger charge is -2.16. The Bertz CT molecular complexity index is 477. The SMILES string of the molecule is COCC(CO)Nc1ccc(C(N)=O)cc1[N+](=O)[O-]. The summed E-state index contributed by atoms with van der Waals surface area (Å²) in [5.41, 5.74) is 5.01. The fourth-order valence-electron chi connectivity index (χ4n) is 1.52. The summed E-state index contributed by atoms with van der Waals surface area (Å²) in [6.45, 7) is -0.0617. The second-order valence-electron chi connectivity index (χ2n) is 3.83. The molecular weight excluding hydrogens is 254 g/mol. The molecule has 1 aromatic rings. The molecule has 1 unspecified atom stereocenters. The highest BCUT2D eigenvalue weighted by molar-refractivity contribution is 5.94. The van der Waals surface area contributed by atoms with Gasteiger partial charge in [0.1, 0.15) is 5.69 Å². The number of primary amides is 1. The molecule has 0 fully saturated rings. The number of hydrogen-bond donors (Lipinski definition) is 3. The number of nitro groups is 1. The second kappa shape index (κ2) is 6.66. The van der Waals surface area contributed by atoms with Crippen molar-refractivity contribution in [3.63, 3.8) is 0 Å². The number of benzene rings is 1. The molecule has 4 N–H and O–H groups in total. The van der Waals surface area contributed by atoms with Gasteiger partial charge in [-0.1, -0.05) is 0 Å². The zero-order valence-corrected chi connectivity index (χ0v) is 10.3. The number of hydrogen-bond acceptors (Lipinski definition) is 6. The molecule has 0 bridgehead atoms. The first kappa shape index (κ1) is 14.9. The molecule has 0 radical (unpaired) electrons. The number of amides is 1. The van der Waals surface area contributed by atoms with E-state index in [9.17, 15) is 14.9 Å². The maximum Gasteiger partial charge on any atom is 0.293 e. The van der Waals surface area contributed by atoms with Crippen molar-refractivity contribution in [2.24, 2.45) is 5.73 Å². The van der Waals surface area contributed by atoms with Gasteiger partial charge in [-0.05, 0) is 12.1 Å². The van der Waals surface area contributed by atoms with Crippen LogP contribution in [0.15, 0.2) is 18.2 Å². The fraction of sp³-hybridized carbons (Fsp3) is 0.364. The number of rotatable bonds is 7. The Morgan fingerprint density at radius 3 is 2.79 bits per heavy atom. The highest BCUT2D eigenvalue weighted by atomic mass is 16.6. The van der Waals surface area contributed by atoms with Crippen LogP contribution in [0.2, 0.25) is 0 Å². The van der Waals surface area contributed by atoms with Crippen molar-refractivity contribution in [3.8, 4) is 0 Å². The number of nitrogens with zero attached hydrogens (tertiary/aromatic N) is 1. The van der Waals surface area contributed by atoms with Crippen LogP contribution in [0.1, 0.15) is 10.4 Å². The highest BCUT2D eigenvalue weighted by Crippen LogP contribution is 2.26. The molecule has 1 atom stereocenters. The van der Waals surface area contributed by atoms with E-state index in [-0.39, 0.29) is 30.2 Å². The topological polar surface area (TPSA) is 128 Å². The Balaban J connectivity index is 3.06. The van der Waals surface area contributed by atoms with E-state index >= 15 is 0 Å². The number of nitrogens with two attached hydrogens (primary N) is 1. The molecule has 1 aromatic carbocycles. The Hall–Kier alpha value is -2.19. The minimum absolute atomic E-state index is 0.0459. The van der Waals surface area contributed by atoms with Crippen molar-refractivity contribution in [3.05, 3.63) is 33.9 Å². The molecule has 1 rings (SSSR count). The molecule has 0 saturated carbocycles. The minimum atomic E-state index is -0.745. The summed E-state index contributed by atoms with van der Waals surface area (Å²) in [5, 5.41) is 22.8. The van der Waals surface area contributed by atoms with Crippen LogP contribution in [-0.2, 0) is 4.74 Å². The van der Waals surface area contributed by atoms with E-state index in [2.05, 4.69) is 5.32 Å². The van der Waals surface area contributed by atoms with E-state index in [0.29, 0.717) is 0 Å². The minimum Gasteiger partial charge on any atom is -0.394 e. The van der Waals surface area contributed by atoms with Crippen molar-refractivity contribution >= 4 is 17.3 Å². The summed E-state index contributed by atoms with van der Waals surface area (Å²) < 4.78 is 4.86. The van der Waals surface area contributed by atoms with E-state index in [1.54, 1.807) is 0 Å². The van der Waals surface area contributed by atoms with Gasteiger partial charge in [-0.25, -0.2) is 0 Å². The first-order chi connectivity index (χ1) is 8.99. The summed E-state index contributed by atoms with van der Waals surface area (Å²) in [4.78, 5) is 21.3. The standard InChI is InChI=1S/C11H15N3O5/c1-19-6-8(5-15)13-9-3-2-7(11(12)16)4-10(9)14(17)18/h2-4,8,13,15H,5-6H2,1H3,(H2,12,16). The molecular formula is C11H15N3O5. The summed E-state index contributed by atoms with van der Waals surface area (Å²) in [6.07, 6.45) is 0. The number of carbonyl (C=O) groups is 1. The number of aliphatic hydroxyl groups is 1. The van der Waals surface area contributed by atoms with Crippen molar-refractivity contribution in [2.75, 3.05) is 25.6 Å². The predicted octanol–water partition coefficient (Wildman–Crippen LogP) is 0.113. The van der Waals surface area contributed by atoms with Crippen molar-refractivity contribution in [1.29, 1.82) is 0 Å². The number of ether oxygens (including phenoxy) is 1. The van der Waals surface area contributed by atoms with Gasteiger partial charge in [0.25, 0.3) is 5.69 Å². The fourth-order valence-corrected chi connectivity index (χ4v) is 1.52. The van der Waals surface area contributed by atoms with E-state index < -0.39 is 16.9 Å². The molecule has 0 saturated heterocycles. The summed E-state index contributed by atoms with van der Waals surface area (Å²) in [7, 11) is 1.45. The van der Waals surface area contributed by atoms with Crippen LogP contribution < -0.4 is 11.1 Å².